The van der Waals surface area contributed by atoms with Crippen LogP contribution in [0, 0.1) is 12.8 Å². The molecule has 2 atom stereocenters. The van der Waals surface area contributed by atoms with Crippen LogP contribution in [0.4, 0.5) is 0 Å². The molecule has 2 N–H and O–H groups in total. The highest BCUT2D eigenvalue weighted by molar-refractivity contribution is 5.91. The SMILES string of the molecule is CC[C@H](C)C(CO)NC(=O)c1ccc(Cc2cc3c(cc2C)C(C)(C)CCC3(C)C)o1. The third kappa shape index (κ3) is 4.90. The van der Waals surface area contributed by atoms with Gasteiger partial charge in [0.05, 0.1) is 12.6 Å². The second-order valence-corrected chi connectivity index (χ2v) is 10.7. The maximum atomic E-state index is 12.6. The summed E-state index contributed by atoms with van der Waals surface area (Å²) in [6.45, 7) is 15.5. The fourth-order valence-electron chi connectivity index (χ4n) is 4.63. The molecule has 1 heterocycles. The average Bonchev–Trinajstić information content (AvgIpc) is 3.19. The third-order valence-corrected chi connectivity index (χ3v) is 7.40. The minimum atomic E-state index is -0.268. The van der Waals surface area contributed by atoms with E-state index in [1.54, 1.807) is 6.07 Å². The lowest BCUT2D eigenvalue weighted by Gasteiger charge is -2.42. The van der Waals surface area contributed by atoms with E-state index >= 15 is 0 Å². The van der Waals surface area contributed by atoms with Gasteiger partial charge in [0.1, 0.15) is 5.76 Å². The Morgan fingerprint density at radius 2 is 1.74 bits per heavy atom. The molecule has 1 aromatic heterocycles. The molecular formula is C27H39NO3. The van der Waals surface area contributed by atoms with Gasteiger partial charge in [-0.2, -0.15) is 0 Å². The predicted molar refractivity (Wildman–Crippen MR) is 126 cm³/mol. The Labute approximate surface area is 187 Å². The Morgan fingerprint density at radius 1 is 1.13 bits per heavy atom. The minimum Gasteiger partial charge on any atom is -0.456 e. The van der Waals surface area contributed by atoms with E-state index in [2.05, 4.69) is 52.1 Å². The second kappa shape index (κ2) is 8.82. The zero-order valence-electron chi connectivity index (χ0n) is 20.3. The summed E-state index contributed by atoms with van der Waals surface area (Å²) in [6.07, 6.45) is 3.94. The van der Waals surface area contributed by atoms with Crippen LogP contribution in [-0.4, -0.2) is 23.7 Å². The van der Waals surface area contributed by atoms with E-state index in [0.717, 1.165) is 12.2 Å². The Kier molecular flexibility index (Phi) is 6.71. The van der Waals surface area contributed by atoms with Crippen LogP contribution in [0.2, 0.25) is 0 Å². The first-order chi connectivity index (χ1) is 14.5. The largest absolute Gasteiger partial charge is 0.456 e. The summed E-state index contributed by atoms with van der Waals surface area (Å²) in [5.41, 5.74) is 5.78. The van der Waals surface area contributed by atoms with Gasteiger partial charge in [0.2, 0.25) is 0 Å². The van der Waals surface area contributed by atoms with E-state index in [0.29, 0.717) is 12.2 Å². The number of carbonyl (C=O) groups is 1. The highest BCUT2D eigenvalue weighted by Crippen LogP contribution is 2.46. The number of aryl methyl sites for hydroxylation is 1. The molecule has 1 aliphatic rings. The summed E-state index contributed by atoms with van der Waals surface area (Å²) < 4.78 is 5.91. The van der Waals surface area contributed by atoms with Crippen LogP contribution in [0.3, 0.4) is 0 Å². The number of hydrogen-bond acceptors (Lipinski definition) is 3. The fraction of sp³-hybridized carbons (Fsp3) is 0.593. The first-order valence-corrected chi connectivity index (χ1v) is 11.6. The van der Waals surface area contributed by atoms with Crippen molar-refractivity contribution in [3.8, 4) is 0 Å². The lowest BCUT2D eigenvalue weighted by atomic mass is 9.62. The van der Waals surface area contributed by atoms with Crippen LogP contribution in [0.1, 0.15) is 99.4 Å². The van der Waals surface area contributed by atoms with Crippen LogP contribution < -0.4 is 5.32 Å². The van der Waals surface area contributed by atoms with Crippen molar-refractivity contribution in [3.63, 3.8) is 0 Å². The molecule has 0 bridgehead atoms. The molecule has 3 rings (SSSR count). The Hall–Kier alpha value is -2.07. The molecule has 0 fully saturated rings. The molecule has 0 saturated heterocycles. The Balaban J connectivity index is 1.82. The zero-order chi connectivity index (χ0) is 23.0. The highest BCUT2D eigenvalue weighted by atomic mass is 16.3. The molecule has 4 nitrogen and oxygen atoms in total. The van der Waals surface area contributed by atoms with Crippen molar-refractivity contribution in [2.24, 2.45) is 5.92 Å². The van der Waals surface area contributed by atoms with Crippen molar-refractivity contribution < 1.29 is 14.3 Å². The number of carbonyl (C=O) groups excluding carboxylic acids is 1. The summed E-state index contributed by atoms with van der Waals surface area (Å²) in [5.74, 6) is 1.02. The molecule has 0 aliphatic heterocycles. The number of benzene rings is 1. The molecule has 2 aromatic rings. The molecule has 170 valence electrons. The van der Waals surface area contributed by atoms with Crippen molar-refractivity contribution in [1.82, 2.24) is 5.32 Å². The average molecular weight is 426 g/mol. The van der Waals surface area contributed by atoms with Crippen LogP contribution in [0.25, 0.3) is 0 Å². The van der Waals surface area contributed by atoms with Gasteiger partial charge in [-0.1, -0.05) is 60.1 Å². The van der Waals surface area contributed by atoms with Crippen LogP contribution in [0.15, 0.2) is 28.7 Å². The maximum Gasteiger partial charge on any atom is 0.287 e. The van der Waals surface area contributed by atoms with Gasteiger partial charge in [0.15, 0.2) is 5.76 Å². The van der Waals surface area contributed by atoms with E-state index in [1.807, 2.05) is 19.9 Å². The van der Waals surface area contributed by atoms with Crippen LogP contribution in [0.5, 0.6) is 0 Å². The molecule has 0 spiro atoms. The van der Waals surface area contributed by atoms with E-state index in [1.165, 1.54) is 35.1 Å². The summed E-state index contributed by atoms with van der Waals surface area (Å²) in [6, 6.07) is 8.08. The first-order valence-electron chi connectivity index (χ1n) is 11.6. The van der Waals surface area contributed by atoms with Crippen LogP contribution in [-0.2, 0) is 17.3 Å². The standard InChI is InChI=1S/C27H39NO3/c1-8-17(2)23(16-29)28-25(30)24-10-9-20(31-24)14-19-15-22-21(13-18(19)3)26(4,5)11-12-27(22,6)7/h9-10,13,15,17,23,29H,8,11-12,14,16H2,1-7H3,(H,28,30)/t17-,23?/m0/s1. The monoisotopic (exact) mass is 425 g/mol. The Bertz CT molecular complexity index is 938. The lowest BCUT2D eigenvalue weighted by Crippen LogP contribution is -2.41. The smallest absolute Gasteiger partial charge is 0.287 e. The van der Waals surface area contributed by atoms with Crippen molar-refractivity contribution in [3.05, 3.63) is 58.0 Å². The molecule has 31 heavy (non-hydrogen) atoms. The number of rotatable bonds is 7. The van der Waals surface area contributed by atoms with Crippen molar-refractivity contribution in [2.45, 2.75) is 91.0 Å². The summed E-state index contributed by atoms with van der Waals surface area (Å²) in [5, 5.41) is 12.5. The lowest BCUT2D eigenvalue weighted by molar-refractivity contribution is 0.0862. The van der Waals surface area contributed by atoms with Crippen molar-refractivity contribution in [2.75, 3.05) is 6.61 Å². The van der Waals surface area contributed by atoms with Gasteiger partial charge >= 0.3 is 0 Å². The molecular weight excluding hydrogens is 386 g/mol. The summed E-state index contributed by atoms with van der Waals surface area (Å²) in [7, 11) is 0. The Morgan fingerprint density at radius 3 is 2.32 bits per heavy atom. The highest BCUT2D eigenvalue weighted by Gasteiger charge is 2.37. The normalized spacial score (nSPS) is 18.8. The summed E-state index contributed by atoms with van der Waals surface area (Å²) in [4.78, 5) is 12.6. The van der Waals surface area contributed by atoms with Crippen LogP contribution >= 0.6 is 0 Å². The predicted octanol–water partition coefficient (Wildman–Crippen LogP) is 5.66. The van der Waals surface area contributed by atoms with Gasteiger partial charge in [0, 0.05) is 6.42 Å². The van der Waals surface area contributed by atoms with E-state index in [-0.39, 0.29) is 35.3 Å². The molecule has 1 aliphatic carbocycles. The van der Waals surface area contributed by atoms with Crippen molar-refractivity contribution >= 4 is 5.91 Å². The number of fused-ring (bicyclic) bond motifs is 1. The van der Waals surface area contributed by atoms with Gasteiger partial charge in [0.25, 0.3) is 5.91 Å². The van der Waals surface area contributed by atoms with Gasteiger partial charge in [-0.25, -0.2) is 0 Å². The topological polar surface area (TPSA) is 62.5 Å². The van der Waals surface area contributed by atoms with Gasteiger partial charge in [-0.3, -0.25) is 4.79 Å². The molecule has 1 amide bonds. The van der Waals surface area contributed by atoms with Gasteiger partial charge in [-0.15, -0.1) is 0 Å². The third-order valence-electron chi connectivity index (χ3n) is 7.40. The molecule has 1 aromatic carbocycles. The molecule has 0 saturated carbocycles. The maximum absolute atomic E-state index is 12.6. The minimum absolute atomic E-state index is 0.0746. The van der Waals surface area contributed by atoms with Gasteiger partial charge in [-0.05, 0) is 70.9 Å². The van der Waals surface area contributed by atoms with E-state index in [4.69, 9.17) is 4.42 Å². The number of furan rings is 1. The second-order valence-electron chi connectivity index (χ2n) is 10.7. The van der Waals surface area contributed by atoms with E-state index < -0.39 is 0 Å². The number of aliphatic hydroxyl groups excluding tert-OH is 1. The number of nitrogens with one attached hydrogen (secondary N) is 1. The summed E-state index contributed by atoms with van der Waals surface area (Å²) >= 11 is 0. The number of aliphatic hydroxyl groups is 1. The first kappa shape index (κ1) is 23.6. The van der Waals surface area contributed by atoms with E-state index in [9.17, 15) is 9.90 Å². The van der Waals surface area contributed by atoms with Gasteiger partial charge < -0.3 is 14.8 Å². The fourth-order valence-corrected chi connectivity index (χ4v) is 4.63. The number of hydrogen-bond donors (Lipinski definition) is 2. The molecule has 1 unspecified atom stereocenters. The number of amides is 1. The van der Waals surface area contributed by atoms with Crippen molar-refractivity contribution in [1.29, 1.82) is 0 Å². The molecule has 0 radical (unpaired) electrons. The molecule has 4 heteroatoms. The quantitative estimate of drug-likeness (QED) is 0.601. The zero-order valence-corrected chi connectivity index (χ0v) is 20.3.